The summed E-state index contributed by atoms with van der Waals surface area (Å²) in [6.07, 6.45) is 3.43. The monoisotopic (exact) mass is 489 g/mol. The van der Waals surface area contributed by atoms with Crippen LogP contribution in [0.25, 0.3) is 0 Å². The van der Waals surface area contributed by atoms with Gasteiger partial charge in [-0.1, -0.05) is 23.9 Å². The number of carbonyl (C=O) groups is 2. The maximum Gasteiger partial charge on any atom is 0.358 e. The number of allylic oxidation sites excluding steroid dienone is 2. The molecular weight excluding hydrogens is 463 g/mol. The van der Waals surface area contributed by atoms with Gasteiger partial charge in [0.05, 0.1) is 0 Å². The number of fused-ring (bicyclic) bond motifs is 3. The summed E-state index contributed by atoms with van der Waals surface area (Å²) in [6, 6.07) is 0. The van der Waals surface area contributed by atoms with Gasteiger partial charge in [-0.25, -0.2) is 14.2 Å². The number of thioether (sulfide) groups is 1. The Morgan fingerprint density at radius 1 is 1.31 bits per heavy atom. The average molecular weight is 490 g/mol. The Hall–Kier alpha value is -1.81. The van der Waals surface area contributed by atoms with Gasteiger partial charge in [0.1, 0.15) is 11.7 Å². The highest BCUT2D eigenvalue weighted by atomic mass is 32.2. The van der Waals surface area contributed by atoms with Crippen molar-refractivity contribution in [2.24, 2.45) is 11.8 Å². The normalized spacial score (nSPS) is 29.4. The summed E-state index contributed by atoms with van der Waals surface area (Å²) in [5, 5.41) is 1.60. The molecule has 2 heterocycles. The third-order valence-electron chi connectivity index (χ3n) is 5.85. The molecule has 4 atom stereocenters. The first-order valence-corrected chi connectivity index (χ1v) is 12.4. The highest BCUT2D eigenvalue weighted by molar-refractivity contribution is 8.01. The largest absolute Gasteiger partial charge is 0.462 e. The molecule has 0 unspecified atom stereocenters. The van der Waals surface area contributed by atoms with E-state index in [2.05, 4.69) is 4.98 Å². The van der Waals surface area contributed by atoms with Gasteiger partial charge in [-0.05, 0) is 38.5 Å². The zero-order valence-electron chi connectivity index (χ0n) is 17.9. The first-order valence-electron chi connectivity index (χ1n) is 10.5. The quantitative estimate of drug-likeness (QED) is 0.364. The van der Waals surface area contributed by atoms with E-state index in [0.29, 0.717) is 0 Å². The van der Waals surface area contributed by atoms with E-state index in [1.807, 2.05) is 12.2 Å². The van der Waals surface area contributed by atoms with Crippen molar-refractivity contribution in [1.82, 2.24) is 4.98 Å². The Labute approximate surface area is 193 Å². The van der Waals surface area contributed by atoms with Crippen molar-refractivity contribution in [1.29, 1.82) is 0 Å². The number of rotatable bonds is 4. The zero-order chi connectivity index (χ0) is 23.3. The molecule has 2 bridgehead atoms. The van der Waals surface area contributed by atoms with Crippen LogP contribution < -0.4 is 0 Å². The lowest BCUT2D eigenvalue weighted by atomic mass is 9.89. The summed E-state index contributed by atoms with van der Waals surface area (Å²) < 4.78 is 50.4. The van der Waals surface area contributed by atoms with E-state index in [-0.39, 0.29) is 42.4 Å². The average Bonchev–Trinajstić information content (AvgIpc) is 3.33. The molecule has 0 saturated heterocycles. The number of ether oxygens (including phenoxy) is 2. The van der Waals surface area contributed by atoms with Crippen LogP contribution in [-0.4, -0.2) is 34.4 Å². The molecule has 1 aromatic heterocycles. The van der Waals surface area contributed by atoms with E-state index >= 15 is 0 Å². The van der Waals surface area contributed by atoms with Gasteiger partial charge in [-0.3, -0.25) is 4.79 Å². The standard InChI is InChI=1S/C22H26F3NO4S2/c1-13(27)29-18-6-5-14-4-3-9-22(2,10-7-16(23)19(24)25)30-20(28)17-12-32-21(26-17)31-11-8-15(14)18/h3-4,12,14-15,18H,5-11H2,1-2H3/b4-3+/t14-,15+,18-,22+/m0/s1. The third kappa shape index (κ3) is 6.60. The smallest absolute Gasteiger partial charge is 0.358 e. The molecule has 176 valence electrons. The fourth-order valence-electron chi connectivity index (χ4n) is 4.19. The van der Waals surface area contributed by atoms with Gasteiger partial charge in [0.25, 0.3) is 0 Å². The van der Waals surface area contributed by atoms with Gasteiger partial charge >= 0.3 is 18.0 Å². The highest BCUT2D eigenvalue weighted by Crippen LogP contribution is 2.40. The first kappa shape index (κ1) is 24.8. The van der Waals surface area contributed by atoms with Crippen LogP contribution in [-0.2, 0) is 14.3 Å². The van der Waals surface area contributed by atoms with Crippen LogP contribution in [0.5, 0.6) is 0 Å². The molecule has 1 aromatic rings. The van der Waals surface area contributed by atoms with E-state index in [4.69, 9.17) is 9.47 Å². The van der Waals surface area contributed by atoms with Crippen molar-refractivity contribution >= 4 is 35.0 Å². The summed E-state index contributed by atoms with van der Waals surface area (Å²) in [4.78, 5) is 28.5. The highest BCUT2D eigenvalue weighted by Gasteiger charge is 2.37. The summed E-state index contributed by atoms with van der Waals surface area (Å²) in [7, 11) is 0. The van der Waals surface area contributed by atoms with E-state index in [1.165, 1.54) is 30.0 Å². The SMILES string of the molecule is CC(=O)O[C@H]1CC[C@@H]2/C=C/C[C@](C)(CCC(F)=C(F)F)OC(=O)c3csc(n3)SCC[C@@H]12. The molecule has 1 aliphatic heterocycles. The van der Waals surface area contributed by atoms with Crippen molar-refractivity contribution in [3.63, 3.8) is 0 Å². The Morgan fingerprint density at radius 2 is 2.09 bits per heavy atom. The maximum atomic E-state index is 13.5. The van der Waals surface area contributed by atoms with Crippen LogP contribution in [0.4, 0.5) is 13.2 Å². The van der Waals surface area contributed by atoms with Crippen LogP contribution in [0, 0.1) is 11.8 Å². The zero-order valence-corrected chi connectivity index (χ0v) is 19.6. The molecule has 0 radical (unpaired) electrons. The summed E-state index contributed by atoms with van der Waals surface area (Å²) >= 11 is 2.86. The maximum absolute atomic E-state index is 13.5. The molecule has 0 spiro atoms. The number of hydrogen-bond acceptors (Lipinski definition) is 7. The van der Waals surface area contributed by atoms with Crippen molar-refractivity contribution in [2.75, 3.05) is 5.75 Å². The lowest BCUT2D eigenvalue weighted by molar-refractivity contribution is -0.148. The van der Waals surface area contributed by atoms with Gasteiger partial charge in [-0.2, -0.15) is 8.78 Å². The second-order valence-corrected chi connectivity index (χ2v) is 10.5. The predicted octanol–water partition coefficient (Wildman–Crippen LogP) is 6.32. The summed E-state index contributed by atoms with van der Waals surface area (Å²) in [6.45, 7) is 3.02. The van der Waals surface area contributed by atoms with Crippen molar-refractivity contribution in [3.05, 3.63) is 35.1 Å². The number of carbonyl (C=O) groups excluding carboxylic acids is 2. The topological polar surface area (TPSA) is 65.5 Å². The van der Waals surface area contributed by atoms with Crippen molar-refractivity contribution < 1.29 is 32.2 Å². The van der Waals surface area contributed by atoms with Crippen molar-refractivity contribution in [2.45, 2.75) is 68.4 Å². The molecule has 5 nitrogen and oxygen atoms in total. The number of cyclic esters (lactones) is 1. The second kappa shape index (κ2) is 10.9. The van der Waals surface area contributed by atoms with E-state index in [9.17, 15) is 22.8 Å². The number of aromatic nitrogens is 1. The Balaban J connectivity index is 1.84. The van der Waals surface area contributed by atoms with E-state index in [1.54, 1.807) is 12.3 Å². The predicted molar refractivity (Wildman–Crippen MR) is 116 cm³/mol. The molecule has 1 saturated carbocycles. The number of hydrogen-bond donors (Lipinski definition) is 0. The molecule has 0 aromatic carbocycles. The van der Waals surface area contributed by atoms with E-state index in [0.717, 1.165) is 29.4 Å². The second-order valence-electron chi connectivity index (χ2n) is 8.33. The van der Waals surface area contributed by atoms with Gasteiger partial charge in [0.2, 0.25) is 0 Å². The number of halogens is 3. The van der Waals surface area contributed by atoms with Gasteiger partial charge in [0.15, 0.2) is 15.9 Å². The molecule has 32 heavy (non-hydrogen) atoms. The molecule has 0 amide bonds. The minimum Gasteiger partial charge on any atom is -0.462 e. The van der Waals surface area contributed by atoms with Crippen LogP contribution in [0.15, 0.2) is 33.8 Å². The Kier molecular flexibility index (Phi) is 8.43. The number of nitrogens with zero attached hydrogens (tertiary/aromatic N) is 1. The lowest BCUT2D eigenvalue weighted by Gasteiger charge is -2.28. The number of thiazole rings is 1. The minimum atomic E-state index is -2.36. The molecule has 0 N–H and O–H groups in total. The first-order chi connectivity index (χ1) is 15.2. The van der Waals surface area contributed by atoms with Crippen LogP contribution in [0.2, 0.25) is 0 Å². The molecule has 1 fully saturated rings. The van der Waals surface area contributed by atoms with E-state index < -0.39 is 29.9 Å². The van der Waals surface area contributed by atoms with Crippen LogP contribution in [0.1, 0.15) is 62.9 Å². The van der Waals surface area contributed by atoms with Crippen LogP contribution in [0.3, 0.4) is 0 Å². The van der Waals surface area contributed by atoms with Gasteiger partial charge in [-0.15, -0.1) is 11.3 Å². The molecule has 3 rings (SSSR count). The lowest BCUT2D eigenvalue weighted by Crippen LogP contribution is -2.32. The Morgan fingerprint density at radius 3 is 2.81 bits per heavy atom. The molecule has 2 aliphatic rings. The van der Waals surface area contributed by atoms with Crippen molar-refractivity contribution in [3.8, 4) is 0 Å². The fourth-order valence-corrected chi connectivity index (χ4v) is 6.10. The molecular formula is C22H26F3NO4S2. The van der Waals surface area contributed by atoms with Gasteiger partial charge in [0, 0.05) is 36.8 Å². The minimum absolute atomic E-state index is 0.0951. The van der Waals surface area contributed by atoms with Gasteiger partial charge < -0.3 is 9.47 Å². The third-order valence-corrected chi connectivity index (χ3v) is 7.90. The Bertz CT molecular complexity index is 899. The van der Waals surface area contributed by atoms with Crippen LogP contribution >= 0.6 is 23.1 Å². The number of esters is 2. The summed E-state index contributed by atoms with van der Waals surface area (Å²) in [5.74, 6) is -1.36. The molecule has 1 aliphatic carbocycles. The molecule has 10 heteroatoms. The summed E-state index contributed by atoms with van der Waals surface area (Å²) in [5.41, 5.74) is -1.03. The fraction of sp³-hybridized carbons (Fsp3) is 0.591.